The van der Waals surface area contributed by atoms with Gasteiger partial charge in [-0.3, -0.25) is 19.7 Å². The van der Waals surface area contributed by atoms with Gasteiger partial charge in [-0.15, -0.1) is 0 Å². The first-order valence-corrected chi connectivity index (χ1v) is 5.81. The Hall–Kier alpha value is -2.24. The SMILES string of the molecule is Cc1cc(C(=O)N2CC(=O)NC(=O)C2C)ccc1F. The molecule has 1 N–H and O–H groups in total. The van der Waals surface area contributed by atoms with Gasteiger partial charge in [-0.1, -0.05) is 0 Å². The van der Waals surface area contributed by atoms with Gasteiger partial charge in [-0.2, -0.15) is 0 Å². The summed E-state index contributed by atoms with van der Waals surface area (Å²) in [5.74, 6) is -1.89. The number of halogens is 1. The van der Waals surface area contributed by atoms with E-state index < -0.39 is 29.6 Å². The van der Waals surface area contributed by atoms with Crippen molar-refractivity contribution >= 4 is 17.7 Å². The lowest BCUT2D eigenvalue weighted by atomic mass is 10.1. The summed E-state index contributed by atoms with van der Waals surface area (Å²) in [7, 11) is 0. The van der Waals surface area contributed by atoms with E-state index in [0.29, 0.717) is 5.56 Å². The number of piperazine rings is 1. The molecule has 1 aromatic rings. The maximum atomic E-state index is 13.2. The van der Waals surface area contributed by atoms with E-state index in [2.05, 4.69) is 5.32 Å². The Labute approximate surface area is 109 Å². The maximum Gasteiger partial charge on any atom is 0.255 e. The predicted molar refractivity (Wildman–Crippen MR) is 64.8 cm³/mol. The molecular weight excluding hydrogens is 251 g/mol. The summed E-state index contributed by atoms with van der Waals surface area (Å²) in [6.07, 6.45) is 0. The standard InChI is InChI=1S/C13H13FN2O3/c1-7-5-9(3-4-10(7)14)13(19)16-6-11(17)15-12(18)8(16)2/h3-5,8H,6H2,1-2H3,(H,15,17,18). The minimum Gasteiger partial charge on any atom is -0.318 e. The van der Waals surface area contributed by atoms with Crippen LogP contribution in [0.5, 0.6) is 0 Å². The van der Waals surface area contributed by atoms with Gasteiger partial charge in [0, 0.05) is 5.56 Å². The second-order valence-electron chi connectivity index (χ2n) is 4.49. The van der Waals surface area contributed by atoms with Crippen molar-refractivity contribution in [3.05, 3.63) is 35.1 Å². The number of nitrogens with zero attached hydrogens (tertiary/aromatic N) is 1. The highest BCUT2D eigenvalue weighted by molar-refractivity contribution is 6.07. The van der Waals surface area contributed by atoms with E-state index >= 15 is 0 Å². The van der Waals surface area contributed by atoms with Gasteiger partial charge in [0.05, 0.1) is 0 Å². The fourth-order valence-electron chi connectivity index (χ4n) is 1.91. The molecule has 1 fully saturated rings. The van der Waals surface area contributed by atoms with Crippen LogP contribution in [0.4, 0.5) is 4.39 Å². The van der Waals surface area contributed by atoms with Crippen LogP contribution in [-0.4, -0.2) is 35.2 Å². The van der Waals surface area contributed by atoms with Gasteiger partial charge in [0.1, 0.15) is 18.4 Å². The zero-order chi connectivity index (χ0) is 14.2. The van der Waals surface area contributed by atoms with E-state index in [1.54, 1.807) is 6.92 Å². The quantitative estimate of drug-likeness (QED) is 0.756. The van der Waals surface area contributed by atoms with Gasteiger partial charge in [-0.25, -0.2) is 4.39 Å². The van der Waals surface area contributed by atoms with E-state index in [9.17, 15) is 18.8 Å². The van der Waals surface area contributed by atoms with Crippen molar-refractivity contribution in [2.75, 3.05) is 6.54 Å². The zero-order valence-corrected chi connectivity index (χ0v) is 10.6. The molecule has 1 atom stereocenters. The highest BCUT2D eigenvalue weighted by atomic mass is 19.1. The summed E-state index contributed by atoms with van der Waals surface area (Å²) in [6, 6.07) is 3.21. The topological polar surface area (TPSA) is 66.5 Å². The summed E-state index contributed by atoms with van der Waals surface area (Å²) in [6.45, 7) is 2.90. The van der Waals surface area contributed by atoms with Crippen LogP contribution in [-0.2, 0) is 9.59 Å². The number of rotatable bonds is 1. The number of carbonyl (C=O) groups excluding carboxylic acids is 3. The van der Waals surface area contributed by atoms with Crippen molar-refractivity contribution in [2.24, 2.45) is 0 Å². The molecule has 0 spiro atoms. The van der Waals surface area contributed by atoms with Crippen molar-refractivity contribution in [3.63, 3.8) is 0 Å². The Morgan fingerprint density at radius 2 is 2.11 bits per heavy atom. The molecule has 1 unspecified atom stereocenters. The minimum absolute atomic E-state index is 0.178. The summed E-state index contributed by atoms with van der Waals surface area (Å²) < 4.78 is 13.2. The average Bonchev–Trinajstić information content (AvgIpc) is 2.36. The van der Waals surface area contributed by atoms with Crippen molar-refractivity contribution in [1.29, 1.82) is 0 Å². The van der Waals surface area contributed by atoms with Crippen LogP contribution in [0.15, 0.2) is 18.2 Å². The van der Waals surface area contributed by atoms with Gasteiger partial charge in [-0.05, 0) is 37.6 Å². The number of carbonyl (C=O) groups is 3. The number of amides is 3. The number of aryl methyl sites for hydroxylation is 1. The lowest BCUT2D eigenvalue weighted by Crippen LogP contribution is -2.58. The fraction of sp³-hybridized carbons (Fsp3) is 0.308. The van der Waals surface area contributed by atoms with Crippen LogP contribution in [0.25, 0.3) is 0 Å². The lowest BCUT2D eigenvalue weighted by Gasteiger charge is -2.31. The summed E-state index contributed by atoms with van der Waals surface area (Å²) in [5, 5.41) is 2.15. The fourth-order valence-corrected chi connectivity index (χ4v) is 1.91. The Morgan fingerprint density at radius 1 is 1.42 bits per heavy atom. The van der Waals surface area contributed by atoms with Gasteiger partial charge in [0.15, 0.2) is 0 Å². The van der Waals surface area contributed by atoms with Crippen LogP contribution < -0.4 is 5.32 Å². The van der Waals surface area contributed by atoms with Crippen LogP contribution in [0, 0.1) is 12.7 Å². The molecule has 1 saturated heterocycles. The molecule has 3 amide bonds. The van der Waals surface area contributed by atoms with E-state index in [-0.39, 0.29) is 12.1 Å². The van der Waals surface area contributed by atoms with Crippen molar-refractivity contribution in [1.82, 2.24) is 10.2 Å². The van der Waals surface area contributed by atoms with Crippen molar-refractivity contribution in [3.8, 4) is 0 Å². The molecule has 0 aliphatic carbocycles. The molecule has 1 aromatic carbocycles. The highest BCUT2D eigenvalue weighted by Gasteiger charge is 2.33. The number of imide groups is 1. The largest absolute Gasteiger partial charge is 0.318 e. The highest BCUT2D eigenvalue weighted by Crippen LogP contribution is 2.14. The van der Waals surface area contributed by atoms with Gasteiger partial charge < -0.3 is 4.90 Å². The van der Waals surface area contributed by atoms with Gasteiger partial charge in [0.25, 0.3) is 5.91 Å². The molecule has 1 heterocycles. The van der Waals surface area contributed by atoms with Crippen LogP contribution in [0.1, 0.15) is 22.8 Å². The molecule has 19 heavy (non-hydrogen) atoms. The Bertz CT molecular complexity index is 571. The first-order chi connectivity index (χ1) is 8.90. The molecule has 6 heteroatoms. The number of hydrogen-bond acceptors (Lipinski definition) is 3. The average molecular weight is 264 g/mol. The Kier molecular flexibility index (Phi) is 3.33. The van der Waals surface area contributed by atoms with Crippen LogP contribution in [0.2, 0.25) is 0 Å². The maximum absolute atomic E-state index is 13.2. The molecule has 0 radical (unpaired) electrons. The Morgan fingerprint density at radius 3 is 2.74 bits per heavy atom. The van der Waals surface area contributed by atoms with Gasteiger partial charge in [0.2, 0.25) is 11.8 Å². The molecule has 5 nitrogen and oxygen atoms in total. The number of hydrogen-bond donors (Lipinski definition) is 1. The van der Waals surface area contributed by atoms with E-state index in [4.69, 9.17) is 0 Å². The first-order valence-electron chi connectivity index (χ1n) is 5.81. The molecule has 0 bridgehead atoms. The van der Waals surface area contributed by atoms with E-state index in [1.807, 2.05) is 0 Å². The monoisotopic (exact) mass is 264 g/mol. The second kappa shape index (κ2) is 4.79. The van der Waals surface area contributed by atoms with E-state index in [0.717, 1.165) is 0 Å². The lowest BCUT2D eigenvalue weighted by molar-refractivity contribution is -0.138. The Balaban J connectivity index is 2.29. The second-order valence-corrected chi connectivity index (χ2v) is 4.49. The van der Waals surface area contributed by atoms with Crippen molar-refractivity contribution in [2.45, 2.75) is 19.9 Å². The zero-order valence-electron chi connectivity index (χ0n) is 10.6. The summed E-state index contributed by atoms with van der Waals surface area (Å²) in [4.78, 5) is 36.2. The predicted octanol–water partition coefficient (Wildman–Crippen LogP) is 0.621. The summed E-state index contributed by atoms with van der Waals surface area (Å²) >= 11 is 0. The number of nitrogens with one attached hydrogen (secondary N) is 1. The summed E-state index contributed by atoms with van der Waals surface area (Å²) in [5.41, 5.74) is 0.597. The number of benzene rings is 1. The molecule has 0 saturated carbocycles. The normalized spacial score (nSPS) is 19.3. The van der Waals surface area contributed by atoms with Crippen molar-refractivity contribution < 1.29 is 18.8 Å². The molecule has 100 valence electrons. The van der Waals surface area contributed by atoms with Crippen LogP contribution in [0.3, 0.4) is 0 Å². The van der Waals surface area contributed by atoms with Crippen LogP contribution >= 0.6 is 0 Å². The smallest absolute Gasteiger partial charge is 0.255 e. The van der Waals surface area contributed by atoms with E-state index in [1.165, 1.54) is 30.0 Å². The third-order valence-electron chi connectivity index (χ3n) is 3.09. The molecule has 1 aliphatic rings. The third-order valence-corrected chi connectivity index (χ3v) is 3.09. The molecule has 0 aromatic heterocycles. The third kappa shape index (κ3) is 2.47. The molecule has 2 rings (SSSR count). The minimum atomic E-state index is -0.726. The molecular formula is C13H13FN2O3. The molecule has 1 aliphatic heterocycles. The first kappa shape index (κ1) is 13.2. The van der Waals surface area contributed by atoms with Gasteiger partial charge >= 0.3 is 0 Å².